The fraction of sp³-hybridized carbons (Fsp3) is 0.0652. The second-order valence-electron chi connectivity index (χ2n) is 13.7. The Kier molecular flexibility index (Phi) is 6.04. The average Bonchev–Trinajstić information content (AvgIpc) is 3.54. The summed E-state index contributed by atoms with van der Waals surface area (Å²) in [5, 5.41) is 3.41. The van der Waals surface area contributed by atoms with Gasteiger partial charge in [0.05, 0.1) is 27.5 Å². The molecule has 7 aromatic carbocycles. The van der Waals surface area contributed by atoms with Crippen LogP contribution in [-0.2, 0) is 5.41 Å². The van der Waals surface area contributed by atoms with Gasteiger partial charge in [-0.3, -0.25) is 4.79 Å². The summed E-state index contributed by atoms with van der Waals surface area (Å²) in [5.74, 6) is 0. The second kappa shape index (κ2) is 10.6. The summed E-state index contributed by atoms with van der Waals surface area (Å²) in [6.45, 7) is 4.63. The molecule has 9 aromatic rings. The SMILES string of the molecule is CC1(C)c2ccccc2N(c2cccc(-c3cccc(-c4ccc5oc6ccccc6c(=O)c5c4)c3)c2)c2c1ccc1oc3ccccc3c21. The molecular formula is C46H31NO3. The third-order valence-electron chi connectivity index (χ3n) is 10.4. The number of rotatable bonds is 3. The molecule has 50 heavy (non-hydrogen) atoms. The monoisotopic (exact) mass is 645 g/mol. The molecule has 2 aromatic heterocycles. The predicted molar refractivity (Wildman–Crippen MR) is 205 cm³/mol. The van der Waals surface area contributed by atoms with Crippen LogP contribution >= 0.6 is 0 Å². The topological polar surface area (TPSA) is 46.6 Å². The zero-order chi connectivity index (χ0) is 33.6. The quantitative estimate of drug-likeness (QED) is 0.179. The highest BCUT2D eigenvalue weighted by Gasteiger charge is 2.38. The smallest absolute Gasteiger partial charge is 0.200 e. The van der Waals surface area contributed by atoms with E-state index in [9.17, 15) is 4.79 Å². The third kappa shape index (κ3) is 4.15. The van der Waals surface area contributed by atoms with Crippen molar-refractivity contribution >= 4 is 60.9 Å². The van der Waals surface area contributed by atoms with Crippen molar-refractivity contribution in [2.45, 2.75) is 19.3 Å². The number of anilines is 3. The standard InChI is InChI=1S/C46H31NO3/c1-46(2)36-17-5-6-18-38(36)47(44-37(46)22-24-42-43(44)33-15-3-7-19-39(33)50-42)32-14-10-13-30(26-32)28-11-9-12-29(25-28)31-21-23-41-35(27-31)45(48)34-16-4-8-20-40(34)49-41/h3-27H,1-2H3. The number of benzene rings is 7. The lowest BCUT2D eigenvalue weighted by atomic mass is 9.73. The Morgan fingerprint density at radius 2 is 1.08 bits per heavy atom. The van der Waals surface area contributed by atoms with Gasteiger partial charge in [-0.05, 0) is 94.0 Å². The molecule has 238 valence electrons. The van der Waals surface area contributed by atoms with Crippen LogP contribution in [0.15, 0.2) is 165 Å². The zero-order valence-electron chi connectivity index (χ0n) is 27.6. The molecule has 0 aliphatic carbocycles. The van der Waals surface area contributed by atoms with Gasteiger partial charge in [-0.1, -0.05) is 105 Å². The van der Waals surface area contributed by atoms with Crippen LogP contribution in [0.3, 0.4) is 0 Å². The summed E-state index contributed by atoms with van der Waals surface area (Å²) in [7, 11) is 0. The van der Waals surface area contributed by atoms with E-state index in [2.05, 4.69) is 116 Å². The normalized spacial score (nSPS) is 13.6. The number of hydrogen-bond acceptors (Lipinski definition) is 4. The van der Waals surface area contributed by atoms with Gasteiger partial charge in [0, 0.05) is 16.5 Å². The maximum atomic E-state index is 13.4. The van der Waals surface area contributed by atoms with Gasteiger partial charge in [0.15, 0.2) is 0 Å². The molecule has 0 saturated carbocycles. The summed E-state index contributed by atoms with van der Waals surface area (Å²) >= 11 is 0. The van der Waals surface area contributed by atoms with E-state index in [4.69, 9.17) is 8.83 Å². The summed E-state index contributed by atoms with van der Waals surface area (Å²) in [6, 6.07) is 52.0. The van der Waals surface area contributed by atoms with Crippen molar-refractivity contribution in [1.29, 1.82) is 0 Å². The van der Waals surface area contributed by atoms with Crippen LogP contribution < -0.4 is 10.3 Å². The molecule has 0 unspecified atom stereocenters. The Labute approximate surface area is 288 Å². The minimum Gasteiger partial charge on any atom is -0.456 e. The minimum atomic E-state index is -0.218. The van der Waals surface area contributed by atoms with Gasteiger partial charge < -0.3 is 13.7 Å². The van der Waals surface area contributed by atoms with E-state index in [-0.39, 0.29) is 10.8 Å². The maximum Gasteiger partial charge on any atom is 0.200 e. The molecule has 4 heteroatoms. The van der Waals surface area contributed by atoms with Crippen molar-refractivity contribution in [1.82, 2.24) is 0 Å². The second-order valence-corrected chi connectivity index (χ2v) is 13.7. The molecule has 1 aliphatic rings. The zero-order valence-corrected chi connectivity index (χ0v) is 27.6. The number of furan rings is 1. The summed E-state index contributed by atoms with van der Waals surface area (Å²) in [6.07, 6.45) is 0. The number of para-hydroxylation sites is 3. The van der Waals surface area contributed by atoms with Crippen molar-refractivity contribution in [2.75, 3.05) is 4.90 Å². The first-order valence-corrected chi connectivity index (χ1v) is 17.0. The van der Waals surface area contributed by atoms with Gasteiger partial charge in [0.1, 0.15) is 22.3 Å². The van der Waals surface area contributed by atoms with Gasteiger partial charge >= 0.3 is 0 Å². The minimum absolute atomic E-state index is 0.0164. The predicted octanol–water partition coefficient (Wildman–Crippen LogP) is 12.3. The van der Waals surface area contributed by atoms with E-state index >= 15 is 0 Å². The summed E-state index contributed by atoms with van der Waals surface area (Å²) in [4.78, 5) is 15.8. The Bertz CT molecular complexity index is 2890. The van der Waals surface area contributed by atoms with Crippen LogP contribution in [0.5, 0.6) is 0 Å². The molecular weight excluding hydrogens is 615 g/mol. The molecule has 0 radical (unpaired) electrons. The van der Waals surface area contributed by atoms with Gasteiger partial charge in [0.2, 0.25) is 5.43 Å². The fourth-order valence-corrected chi connectivity index (χ4v) is 7.95. The molecule has 0 fully saturated rings. The summed E-state index contributed by atoms with van der Waals surface area (Å²) in [5.41, 5.74) is 12.8. The largest absolute Gasteiger partial charge is 0.456 e. The van der Waals surface area contributed by atoms with Crippen molar-refractivity contribution < 1.29 is 8.83 Å². The van der Waals surface area contributed by atoms with Crippen LogP contribution in [-0.4, -0.2) is 0 Å². The fourth-order valence-electron chi connectivity index (χ4n) is 7.95. The highest BCUT2D eigenvalue weighted by atomic mass is 16.3. The van der Waals surface area contributed by atoms with Crippen molar-refractivity contribution in [3.8, 4) is 22.3 Å². The molecule has 0 spiro atoms. The van der Waals surface area contributed by atoms with Crippen LogP contribution in [0.25, 0.3) is 66.1 Å². The van der Waals surface area contributed by atoms with E-state index in [1.165, 1.54) is 11.1 Å². The molecule has 3 heterocycles. The Balaban J connectivity index is 1.13. The number of hydrogen-bond donors (Lipinski definition) is 0. The highest BCUT2D eigenvalue weighted by molar-refractivity contribution is 6.15. The molecule has 0 bridgehead atoms. The lowest BCUT2D eigenvalue weighted by Crippen LogP contribution is -2.30. The Morgan fingerprint density at radius 3 is 1.90 bits per heavy atom. The van der Waals surface area contributed by atoms with E-state index < -0.39 is 0 Å². The first-order valence-electron chi connectivity index (χ1n) is 17.0. The van der Waals surface area contributed by atoms with E-state index in [0.717, 1.165) is 61.3 Å². The van der Waals surface area contributed by atoms with Crippen molar-refractivity contribution in [3.63, 3.8) is 0 Å². The van der Waals surface area contributed by atoms with Crippen LogP contribution in [0.4, 0.5) is 17.1 Å². The Morgan fingerprint density at radius 1 is 0.480 bits per heavy atom. The lowest BCUT2D eigenvalue weighted by Gasteiger charge is -2.42. The van der Waals surface area contributed by atoms with Crippen molar-refractivity contribution in [2.24, 2.45) is 0 Å². The third-order valence-corrected chi connectivity index (χ3v) is 10.4. The van der Waals surface area contributed by atoms with Gasteiger partial charge in [-0.25, -0.2) is 0 Å². The molecule has 0 saturated heterocycles. The molecule has 0 N–H and O–H groups in total. The van der Waals surface area contributed by atoms with Gasteiger partial charge in [0.25, 0.3) is 0 Å². The van der Waals surface area contributed by atoms with Crippen LogP contribution in [0, 0.1) is 0 Å². The average molecular weight is 646 g/mol. The van der Waals surface area contributed by atoms with E-state index in [0.29, 0.717) is 21.9 Å². The van der Waals surface area contributed by atoms with Gasteiger partial charge in [-0.15, -0.1) is 0 Å². The number of nitrogens with zero attached hydrogens (tertiary/aromatic N) is 1. The molecule has 10 rings (SSSR count). The van der Waals surface area contributed by atoms with Crippen LogP contribution in [0.2, 0.25) is 0 Å². The van der Waals surface area contributed by atoms with E-state index in [1.807, 2.05) is 54.6 Å². The molecule has 4 nitrogen and oxygen atoms in total. The lowest BCUT2D eigenvalue weighted by molar-refractivity contribution is 0.631. The van der Waals surface area contributed by atoms with Crippen molar-refractivity contribution in [3.05, 3.63) is 173 Å². The first-order chi connectivity index (χ1) is 24.5. The molecule has 1 aliphatic heterocycles. The highest BCUT2D eigenvalue weighted by Crippen LogP contribution is 2.55. The van der Waals surface area contributed by atoms with E-state index in [1.54, 1.807) is 0 Å². The first kappa shape index (κ1) is 28.6. The molecule has 0 amide bonds. The summed E-state index contributed by atoms with van der Waals surface area (Å²) < 4.78 is 12.5. The molecule has 0 atom stereocenters. The van der Waals surface area contributed by atoms with Crippen LogP contribution in [0.1, 0.15) is 25.0 Å². The van der Waals surface area contributed by atoms with Gasteiger partial charge in [-0.2, -0.15) is 0 Å². The maximum absolute atomic E-state index is 13.4. The Hall–Kier alpha value is -6.39. The number of fused-ring (bicyclic) bond motifs is 8.